The van der Waals surface area contributed by atoms with Crippen LogP contribution < -0.4 is 16.0 Å². The number of rotatable bonds is 4. The Balaban J connectivity index is 1.45. The van der Waals surface area contributed by atoms with Crippen LogP contribution in [0.5, 0.6) is 0 Å². The molecule has 0 aliphatic carbocycles. The number of hydrogen-bond acceptors (Lipinski definition) is 10. The monoisotopic (exact) mass is 633 g/mol. The Bertz CT molecular complexity index is 1630. The maximum absolute atomic E-state index is 13.5. The van der Waals surface area contributed by atoms with Gasteiger partial charge in [0, 0.05) is 37.9 Å². The predicted octanol–water partition coefficient (Wildman–Crippen LogP) is 2.75. The number of aromatic nitrogens is 5. The number of benzene rings is 1. The zero-order valence-electron chi connectivity index (χ0n) is 25.2. The first-order valence-corrected chi connectivity index (χ1v) is 15.6. The van der Waals surface area contributed by atoms with Crippen molar-refractivity contribution in [3.8, 4) is 0 Å². The summed E-state index contributed by atoms with van der Waals surface area (Å²) in [4.78, 5) is 63.3. The Morgan fingerprint density at radius 2 is 1.89 bits per heavy atom. The van der Waals surface area contributed by atoms with Crippen LogP contribution in [-0.2, 0) is 11.2 Å². The van der Waals surface area contributed by atoms with Gasteiger partial charge in [0.1, 0.15) is 22.5 Å². The van der Waals surface area contributed by atoms with Gasteiger partial charge in [-0.05, 0) is 24.8 Å². The van der Waals surface area contributed by atoms with Gasteiger partial charge in [0.05, 0.1) is 12.2 Å². The number of thiazole rings is 1. The Kier molecular flexibility index (Phi) is 9.97. The van der Waals surface area contributed by atoms with Crippen LogP contribution in [0.4, 0.5) is 0 Å². The summed E-state index contributed by atoms with van der Waals surface area (Å²) < 4.78 is 5.97. The Morgan fingerprint density at radius 1 is 1.09 bits per heavy atom. The molecule has 0 saturated carbocycles. The summed E-state index contributed by atoms with van der Waals surface area (Å²) in [6.45, 7) is 6.09. The minimum Gasteiger partial charge on any atom is -0.443 e. The van der Waals surface area contributed by atoms with Crippen molar-refractivity contribution in [1.82, 2.24) is 46.2 Å². The van der Waals surface area contributed by atoms with Crippen LogP contribution in [-0.4, -0.2) is 73.5 Å². The lowest BCUT2D eigenvalue weighted by Crippen LogP contribution is -2.40. The van der Waals surface area contributed by atoms with Gasteiger partial charge < -0.3 is 25.3 Å². The molecule has 236 valence electrons. The highest BCUT2D eigenvalue weighted by Crippen LogP contribution is 2.27. The lowest BCUT2D eigenvalue weighted by atomic mass is 10.0. The van der Waals surface area contributed by atoms with E-state index in [1.165, 1.54) is 22.4 Å². The van der Waals surface area contributed by atoms with Gasteiger partial charge >= 0.3 is 0 Å². The summed E-state index contributed by atoms with van der Waals surface area (Å²) >= 11 is 1.27. The van der Waals surface area contributed by atoms with Crippen molar-refractivity contribution in [2.45, 2.75) is 52.1 Å². The van der Waals surface area contributed by atoms with Crippen LogP contribution in [0.15, 0.2) is 46.3 Å². The van der Waals surface area contributed by atoms with E-state index < -0.39 is 23.9 Å². The highest BCUT2D eigenvalue weighted by Gasteiger charge is 2.29. The molecule has 45 heavy (non-hydrogen) atoms. The van der Waals surface area contributed by atoms with E-state index in [0.717, 1.165) is 5.56 Å². The lowest BCUT2D eigenvalue weighted by Gasteiger charge is -2.22. The molecule has 14 nitrogen and oxygen atoms in total. The highest BCUT2D eigenvalue weighted by molar-refractivity contribution is 7.09. The number of fused-ring (bicyclic) bond motifs is 4. The summed E-state index contributed by atoms with van der Waals surface area (Å²) in [7, 11) is 0. The molecule has 0 unspecified atom stereocenters. The average Bonchev–Trinajstić information content (AvgIpc) is 3.80. The third-order valence-corrected chi connectivity index (χ3v) is 8.27. The Labute approximate surface area is 263 Å². The van der Waals surface area contributed by atoms with Gasteiger partial charge in [-0.2, -0.15) is 15.4 Å². The molecule has 4 aromatic rings. The van der Waals surface area contributed by atoms with Crippen molar-refractivity contribution in [1.29, 1.82) is 0 Å². The van der Waals surface area contributed by atoms with E-state index in [9.17, 15) is 19.2 Å². The number of aryl methyl sites for hydroxylation is 1. The highest BCUT2D eigenvalue weighted by atomic mass is 32.1. The number of carbonyl (C=O) groups is 4. The number of aromatic amines is 1. The maximum atomic E-state index is 13.5. The first-order valence-electron chi connectivity index (χ1n) is 14.7. The van der Waals surface area contributed by atoms with Gasteiger partial charge in [-0.25, -0.2) is 9.97 Å². The fourth-order valence-corrected chi connectivity index (χ4v) is 5.98. The molecule has 0 saturated heterocycles. The van der Waals surface area contributed by atoms with Gasteiger partial charge in [0.25, 0.3) is 17.7 Å². The van der Waals surface area contributed by atoms with Gasteiger partial charge in [-0.3, -0.25) is 19.2 Å². The fraction of sp³-hybridized carbons (Fsp3) is 0.400. The SMILES string of the molecule is Cc1oc2nc1C(=O)N[C@@H](C(C)C)c1nc(cs1)C(=O)NCCN(C(=O)c1cn[nH]n1)CCCC(=O)N[C@H]2Cc1ccccc1. The van der Waals surface area contributed by atoms with E-state index in [1.54, 1.807) is 12.3 Å². The van der Waals surface area contributed by atoms with Crippen molar-refractivity contribution in [3.05, 3.63) is 81.2 Å². The quantitative estimate of drug-likeness (QED) is 0.262. The van der Waals surface area contributed by atoms with Crippen LogP contribution in [0.3, 0.4) is 0 Å². The van der Waals surface area contributed by atoms with Crippen LogP contribution in [0, 0.1) is 12.8 Å². The zero-order chi connectivity index (χ0) is 31.9. The fourth-order valence-electron chi connectivity index (χ4n) is 4.96. The summed E-state index contributed by atoms with van der Waals surface area (Å²) in [6.07, 6.45) is 2.16. The Morgan fingerprint density at radius 3 is 2.62 bits per heavy atom. The molecule has 5 rings (SSSR count). The van der Waals surface area contributed by atoms with E-state index >= 15 is 0 Å². The van der Waals surface area contributed by atoms with Gasteiger partial charge in [-0.1, -0.05) is 44.2 Å². The number of carbonyl (C=O) groups excluding carboxylic acids is 4. The third-order valence-electron chi connectivity index (χ3n) is 7.34. The van der Waals surface area contributed by atoms with Crippen LogP contribution in [0.25, 0.3) is 0 Å². The standard InChI is InChI=1S/C30H35N9O5S/c1-17(2)24-29-34-22(16-45-29)26(41)31-11-13-39(30(43)21-15-32-38-37-21)12-7-10-23(40)33-20(14-19-8-5-4-6-9-19)28-36-25(18(3)44-28)27(42)35-24/h4-6,8-9,15-17,20,24H,7,10-14H2,1-3H3,(H,31,41)(H,33,40)(H,35,42)(H,32,37,38)/t20-,24-/m0/s1. The molecule has 4 N–H and O–H groups in total. The molecular weight excluding hydrogens is 598 g/mol. The summed E-state index contributed by atoms with van der Waals surface area (Å²) in [5.74, 6) is -1.04. The molecule has 4 bridgehead atoms. The molecule has 0 fully saturated rings. The molecule has 4 heterocycles. The largest absolute Gasteiger partial charge is 0.443 e. The van der Waals surface area contributed by atoms with Crippen LogP contribution >= 0.6 is 11.3 Å². The molecular formula is C30H35N9O5S. The summed E-state index contributed by atoms with van der Waals surface area (Å²) in [6, 6.07) is 8.45. The summed E-state index contributed by atoms with van der Waals surface area (Å²) in [5.41, 5.74) is 1.39. The molecule has 1 aliphatic heterocycles. The average molecular weight is 634 g/mol. The van der Waals surface area contributed by atoms with Crippen molar-refractivity contribution < 1.29 is 23.6 Å². The van der Waals surface area contributed by atoms with E-state index in [0.29, 0.717) is 23.6 Å². The maximum Gasteiger partial charge on any atom is 0.276 e. The molecule has 3 aromatic heterocycles. The van der Waals surface area contributed by atoms with E-state index in [2.05, 4.69) is 41.3 Å². The third kappa shape index (κ3) is 7.78. The van der Waals surface area contributed by atoms with E-state index in [-0.39, 0.29) is 66.8 Å². The van der Waals surface area contributed by atoms with Crippen molar-refractivity contribution >= 4 is 35.0 Å². The second kappa shape index (κ2) is 14.2. The normalized spacial score (nSPS) is 18.7. The number of nitrogens with zero attached hydrogens (tertiary/aromatic N) is 5. The van der Waals surface area contributed by atoms with Crippen molar-refractivity contribution in [2.24, 2.45) is 5.92 Å². The minimum absolute atomic E-state index is 0.0539. The van der Waals surface area contributed by atoms with Crippen molar-refractivity contribution in [2.75, 3.05) is 19.6 Å². The molecule has 4 amide bonds. The molecule has 0 radical (unpaired) electrons. The van der Waals surface area contributed by atoms with Gasteiger partial charge in [0.15, 0.2) is 11.4 Å². The van der Waals surface area contributed by atoms with Crippen LogP contribution in [0.1, 0.15) is 92.5 Å². The second-order valence-electron chi connectivity index (χ2n) is 11.0. The first kappa shape index (κ1) is 31.5. The smallest absolute Gasteiger partial charge is 0.276 e. The number of oxazole rings is 1. The van der Waals surface area contributed by atoms with Crippen molar-refractivity contribution in [3.63, 3.8) is 0 Å². The molecule has 1 aromatic carbocycles. The Hall–Kier alpha value is -4.92. The zero-order valence-corrected chi connectivity index (χ0v) is 26.0. The second-order valence-corrected chi connectivity index (χ2v) is 11.9. The first-order chi connectivity index (χ1) is 21.7. The van der Waals surface area contributed by atoms with Gasteiger partial charge in [0.2, 0.25) is 11.8 Å². The molecule has 1 aliphatic rings. The van der Waals surface area contributed by atoms with Gasteiger partial charge in [-0.15, -0.1) is 11.3 Å². The minimum atomic E-state index is -0.642. The van der Waals surface area contributed by atoms with E-state index in [1.807, 2.05) is 44.2 Å². The number of amides is 4. The molecule has 0 spiro atoms. The lowest BCUT2D eigenvalue weighted by molar-refractivity contribution is -0.122. The number of nitrogens with one attached hydrogen (secondary N) is 4. The van der Waals surface area contributed by atoms with Crippen LogP contribution in [0.2, 0.25) is 0 Å². The number of H-pyrrole nitrogens is 1. The molecule has 2 atom stereocenters. The summed E-state index contributed by atoms with van der Waals surface area (Å²) in [5, 5.41) is 21.1. The number of hydrogen-bond donors (Lipinski definition) is 4. The topological polar surface area (TPSA) is 188 Å². The molecule has 15 heteroatoms. The predicted molar refractivity (Wildman–Crippen MR) is 163 cm³/mol. The van der Waals surface area contributed by atoms with E-state index in [4.69, 9.17) is 4.42 Å².